The largest absolute Gasteiger partial charge is 0.339 e. The lowest BCUT2D eigenvalue weighted by Gasteiger charge is -2.30. The molecule has 1 aliphatic heterocycles. The van der Waals surface area contributed by atoms with Crippen LogP contribution in [0, 0.1) is 5.92 Å². The molecule has 1 aromatic carbocycles. The van der Waals surface area contributed by atoms with Crippen LogP contribution < -0.4 is 4.80 Å². The number of piperidine rings is 1. The number of hydrogen-bond acceptors (Lipinski definition) is 4. The smallest absolute Gasteiger partial charge is 0.254 e. The SMILES string of the molecule is O=C(N=c1sccn1Cc1ccccc1Cl)C1CCN(C(=O)c2ccsc2)CC1. The highest BCUT2D eigenvalue weighted by molar-refractivity contribution is 7.08. The van der Waals surface area contributed by atoms with Crippen molar-refractivity contribution in [3.05, 3.63) is 73.6 Å². The number of nitrogens with zero attached hydrogens (tertiary/aromatic N) is 3. The van der Waals surface area contributed by atoms with Crippen molar-refractivity contribution in [2.24, 2.45) is 10.9 Å². The summed E-state index contributed by atoms with van der Waals surface area (Å²) in [5, 5.41) is 6.39. The zero-order valence-corrected chi connectivity index (χ0v) is 18.1. The predicted octanol–water partition coefficient (Wildman–Crippen LogP) is 4.29. The van der Waals surface area contributed by atoms with Crippen LogP contribution in [-0.2, 0) is 11.3 Å². The molecule has 0 saturated carbocycles. The Bertz CT molecular complexity index is 1060. The van der Waals surface area contributed by atoms with E-state index in [-0.39, 0.29) is 17.7 Å². The Morgan fingerprint density at radius 3 is 2.66 bits per heavy atom. The number of halogens is 1. The first-order valence-corrected chi connectivity index (χ1v) is 11.6. The lowest BCUT2D eigenvalue weighted by atomic mass is 9.96. The fourth-order valence-corrected chi connectivity index (χ4v) is 4.96. The van der Waals surface area contributed by atoms with Gasteiger partial charge in [-0.3, -0.25) is 9.59 Å². The molecule has 4 rings (SSSR count). The van der Waals surface area contributed by atoms with Gasteiger partial charge in [0, 0.05) is 41.0 Å². The fraction of sp³-hybridized carbons (Fsp3) is 0.286. The third-order valence-corrected chi connectivity index (χ3v) is 6.91. The molecule has 1 fully saturated rings. The average molecular weight is 446 g/mol. The van der Waals surface area contributed by atoms with E-state index in [0.29, 0.717) is 42.3 Å². The maximum atomic E-state index is 12.7. The van der Waals surface area contributed by atoms with E-state index in [4.69, 9.17) is 11.6 Å². The number of benzene rings is 1. The fourth-order valence-electron chi connectivity index (χ4n) is 3.40. The summed E-state index contributed by atoms with van der Waals surface area (Å²) >= 11 is 9.21. The van der Waals surface area contributed by atoms with Crippen LogP contribution in [-0.4, -0.2) is 34.4 Å². The van der Waals surface area contributed by atoms with Crippen LogP contribution in [0.1, 0.15) is 28.8 Å². The van der Waals surface area contributed by atoms with E-state index >= 15 is 0 Å². The summed E-state index contributed by atoms with van der Waals surface area (Å²) in [5.41, 5.74) is 1.71. The Morgan fingerprint density at radius 2 is 1.93 bits per heavy atom. The number of thiazole rings is 1. The number of hydrogen-bond donors (Lipinski definition) is 0. The van der Waals surface area contributed by atoms with E-state index in [0.717, 1.165) is 11.1 Å². The maximum absolute atomic E-state index is 12.7. The third-order valence-electron chi connectivity index (χ3n) is 5.06. The number of carbonyl (C=O) groups is 2. The van der Waals surface area contributed by atoms with Gasteiger partial charge >= 0.3 is 0 Å². The van der Waals surface area contributed by atoms with Gasteiger partial charge in [-0.05, 0) is 35.9 Å². The Labute approximate surface area is 181 Å². The number of amides is 2. The molecule has 0 spiro atoms. The van der Waals surface area contributed by atoms with Gasteiger partial charge in [0.05, 0.1) is 12.1 Å². The minimum Gasteiger partial charge on any atom is -0.339 e. The van der Waals surface area contributed by atoms with Crippen molar-refractivity contribution in [3.63, 3.8) is 0 Å². The molecule has 5 nitrogen and oxygen atoms in total. The molecule has 3 aromatic rings. The molecule has 150 valence electrons. The van der Waals surface area contributed by atoms with Gasteiger partial charge in [0.1, 0.15) is 0 Å². The van der Waals surface area contributed by atoms with Crippen LogP contribution >= 0.6 is 34.3 Å². The minimum atomic E-state index is -0.141. The Balaban J connectivity index is 1.41. The third kappa shape index (κ3) is 4.69. The summed E-state index contributed by atoms with van der Waals surface area (Å²) in [7, 11) is 0. The number of likely N-dealkylation sites (tertiary alicyclic amines) is 1. The molecule has 0 N–H and O–H groups in total. The molecule has 0 aliphatic carbocycles. The van der Waals surface area contributed by atoms with Crippen molar-refractivity contribution in [1.29, 1.82) is 0 Å². The second kappa shape index (κ2) is 9.07. The van der Waals surface area contributed by atoms with Crippen LogP contribution in [0.2, 0.25) is 5.02 Å². The summed E-state index contributed by atoms with van der Waals surface area (Å²) in [6.45, 7) is 1.75. The lowest BCUT2D eigenvalue weighted by Crippen LogP contribution is -2.40. The number of rotatable bonds is 4. The standard InChI is InChI=1S/C21H20ClN3O2S2/c22-18-4-2-1-3-16(18)13-25-10-12-29-21(25)23-19(26)15-5-8-24(9-6-15)20(27)17-7-11-28-14-17/h1-4,7,10-12,14-15H,5-6,8-9,13H2. The van der Waals surface area contributed by atoms with E-state index in [9.17, 15) is 9.59 Å². The molecule has 2 aromatic heterocycles. The average Bonchev–Trinajstić information content (AvgIpc) is 3.42. The zero-order chi connectivity index (χ0) is 20.2. The van der Waals surface area contributed by atoms with E-state index < -0.39 is 0 Å². The highest BCUT2D eigenvalue weighted by Crippen LogP contribution is 2.21. The molecule has 2 amide bonds. The molecule has 0 bridgehead atoms. The van der Waals surface area contributed by atoms with Gasteiger partial charge in [0.25, 0.3) is 11.8 Å². The first-order chi connectivity index (χ1) is 14.1. The van der Waals surface area contributed by atoms with Crippen LogP contribution in [0.3, 0.4) is 0 Å². The van der Waals surface area contributed by atoms with Gasteiger partial charge in [0.2, 0.25) is 0 Å². The Morgan fingerprint density at radius 1 is 1.14 bits per heavy atom. The number of aromatic nitrogens is 1. The first-order valence-electron chi connectivity index (χ1n) is 9.39. The Hall–Kier alpha value is -2.22. The van der Waals surface area contributed by atoms with Gasteiger partial charge in [0.15, 0.2) is 4.80 Å². The number of thiophene rings is 1. The van der Waals surface area contributed by atoms with Crippen LogP contribution in [0.5, 0.6) is 0 Å². The van der Waals surface area contributed by atoms with Crippen molar-refractivity contribution < 1.29 is 9.59 Å². The lowest BCUT2D eigenvalue weighted by molar-refractivity contribution is -0.123. The van der Waals surface area contributed by atoms with Crippen LogP contribution in [0.25, 0.3) is 0 Å². The monoisotopic (exact) mass is 445 g/mol. The molecule has 29 heavy (non-hydrogen) atoms. The second-order valence-electron chi connectivity index (χ2n) is 6.93. The van der Waals surface area contributed by atoms with E-state index in [1.807, 2.05) is 62.1 Å². The molecule has 8 heteroatoms. The van der Waals surface area contributed by atoms with Crippen LogP contribution in [0.15, 0.2) is 57.7 Å². The molecule has 0 atom stereocenters. The molecular formula is C21H20ClN3O2S2. The van der Waals surface area contributed by atoms with Crippen molar-refractivity contribution in [2.75, 3.05) is 13.1 Å². The van der Waals surface area contributed by atoms with Gasteiger partial charge in [-0.2, -0.15) is 16.3 Å². The maximum Gasteiger partial charge on any atom is 0.254 e. The summed E-state index contributed by atoms with van der Waals surface area (Å²) in [6, 6.07) is 9.51. The van der Waals surface area contributed by atoms with Gasteiger partial charge in [-0.25, -0.2) is 0 Å². The van der Waals surface area contributed by atoms with Gasteiger partial charge < -0.3 is 9.47 Å². The summed E-state index contributed by atoms with van der Waals surface area (Å²) < 4.78 is 1.94. The van der Waals surface area contributed by atoms with E-state index in [2.05, 4.69) is 4.99 Å². The van der Waals surface area contributed by atoms with E-state index in [1.165, 1.54) is 22.7 Å². The zero-order valence-electron chi connectivity index (χ0n) is 15.7. The summed E-state index contributed by atoms with van der Waals surface area (Å²) in [5.74, 6) is -0.203. The molecule has 0 unspecified atom stereocenters. The van der Waals surface area contributed by atoms with Crippen molar-refractivity contribution in [1.82, 2.24) is 9.47 Å². The highest BCUT2D eigenvalue weighted by atomic mass is 35.5. The van der Waals surface area contributed by atoms with Crippen molar-refractivity contribution in [2.45, 2.75) is 19.4 Å². The molecule has 1 saturated heterocycles. The number of carbonyl (C=O) groups excluding carboxylic acids is 2. The minimum absolute atomic E-state index is 0.0462. The van der Waals surface area contributed by atoms with Gasteiger partial charge in [-0.1, -0.05) is 29.8 Å². The van der Waals surface area contributed by atoms with Crippen LogP contribution in [0.4, 0.5) is 0 Å². The molecular weight excluding hydrogens is 426 g/mol. The highest BCUT2D eigenvalue weighted by Gasteiger charge is 2.27. The normalized spacial score (nSPS) is 15.6. The van der Waals surface area contributed by atoms with Gasteiger partial charge in [-0.15, -0.1) is 11.3 Å². The van der Waals surface area contributed by atoms with E-state index in [1.54, 1.807) is 0 Å². The van der Waals surface area contributed by atoms with Crippen molar-refractivity contribution >= 4 is 46.1 Å². The molecule has 0 radical (unpaired) electrons. The second-order valence-corrected chi connectivity index (χ2v) is 8.99. The topological polar surface area (TPSA) is 54.7 Å². The first kappa shape index (κ1) is 20.1. The summed E-state index contributed by atoms with van der Waals surface area (Å²) in [4.78, 5) is 32.1. The molecule has 3 heterocycles. The Kier molecular flexibility index (Phi) is 6.28. The molecule has 1 aliphatic rings. The quantitative estimate of drug-likeness (QED) is 0.601. The predicted molar refractivity (Wildman–Crippen MR) is 116 cm³/mol. The van der Waals surface area contributed by atoms with Crippen molar-refractivity contribution in [3.8, 4) is 0 Å². The summed E-state index contributed by atoms with van der Waals surface area (Å²) in [6.07, 6.45) is 3.21.